The normalized spacial score (nSPS) is 11.0. The number of aromatic nitrogens is 1. The molecule has 0 aliphatic heterocycles. The Morgan fingerprint density at radius 3 is 2.03 bits per heavy atom. The molecule has 0 spiro atoms. The lowest BCUT2D eigenvalue weighted by Crippen LogP contribution is -2.42. The van der Waals surface area contributed by atoms with Crippen LogP contribution in [-0.2, 0) is 30.3 Å². The van der Waals surface area contributed by atoms with Crippen molar-refractivity contribution in [2.75, 3.05) is 52.7 Å². The summed E-state index contributed by atoms with van der Waals surface area (Å²) in [4.78, 5) is 22.6. The highest BCUT2D eigenvalue weighted by Gasteiger charge is 2.08. The van der Waals surface area contributed by atoms with E-state index in [0.717, 1.165) is 18.4 Å². The quantitative estimate of drug-likeness (QED) is 0.105. The number of hydrogen-bond acceptors (Lipinski definition) is 7. The van der Waals surface area contributed by atoms with Crippen LogP contribution in [0.5, 0.6) is 0 Å². The number of pyridine rings is 1. The molecule has 1 heterocycles. The first-order valence-electron chi connectivity index (χ1n) is 10.0. The van der Waals surface area contributed by atoms with Crippen molar-refractivity contribution in [3.05, 3.63) is 30.1 Å². The second-order valence-electron chi connectivity index (χ2n) is 6.43. The predicted molar refractivity (Wildman–Crippen MR) is 109 cm³/mol. The van der Waals surface area contributed by atoms with Crippen LogP contribution in [0.3, 0.4) is 0 Å². The van der Waals surface area contributed by atoms with Crippen molar-refractivity contribution in [2.45, 2.75) is 26.3 Å². The van der Waals surface area contributed by atoms with Crippen LogP contribution in [0.1, 0.15) is 25.3 Å². The van der Waals surface area contributed by atoms with Gasteiger partial charge in [0.15, 0.2) is 12.4 Å². The average molecular weight is 426 g/mol. The van der Waals surface area contributed by atoms with Crippen LogP contribution in [0.25, 0.3) is 0 Å². The first kappa shape index (κ1) is 25.5. The van der Waals surface area contributed by atoms with Crippen molar-refractivity contribution < 1.29 is 33.6 Å². The van der Waals surface area contributed by atoms with Gasteiger partial charge in [0, 0.05) is 50.9 Å². The van der Waals surface area contributed by atoms with Gasteiger partial charge in [-0.1, -0.05) is 5.16 Å². The van der Waals surface area contributed by atoms with Crippen LogP contribution in [0.4, 0.5) is 0 Å². The molecule has 10 heteroatoms. The molecule has 0 radical (unpaired) electrons. The number of oxime groups is 1. The second kappa shape index (κ2) is 17.3. The van der Waals surface area contributed by atoms with E-state index in [1.54, 1.807) is 29.1 Å². The van der Waals surface area contributed by atoms with E-state index in [0.29, 0.717) is 52.7 Å². The maximum Gasteiger partial charge on any atom is 0.285 e. The Labute approximate surface area is 177 Å². The third-order valence-corrected chi connectivity index (χ3v) is 3.82. The molecule has 0 bridgehead atoms. The molecule has 0 atom stereocenters. The van der Waals surface area contributed by atoms with Gasteiger partial charge in [-0.15, -0.1) is 0 Å². The van der Waals surface area contributed by atoms with Gasteiger partial charge in [0.05, 0.1) is 32.6 Å². The first-order chi connectivity index (χ1) is 14.6. The summed E-state index contributed by atoms with van der Waals surface area (Å²) in [6.45, 7) is 6.03. The maximum atomic E-state index is 11.9. The van der Waals surface area contributed by atoms with Crippen LogP contribution in [-0.4, -0.2) is 76.0 Å². The Hall–Kier alpha value is -2.56. The minimum atomic E-state index is -0.0796. The van der Waals surface area contributed by atoms with Gasteiger partial charge in [0.1, 0.15) is 0 Å². The number of nitrogens with zero attached hydrogens (tertiary/aromatic N) is 2. The number of ether oxygens (including phenoxy) is 3. The molecule has 3 N–H and O–H groups in total. The Morgan fingerprint density at radius 2 is 1.50 bits per heavy atom. The van der Waals surface area contributed by atoms with Crippen LogP contribution in [0, 0.1) is 0 Å². The molecule has 0 aromatic carbocycles. The maximum absolute atomic E-state index is 11.9. The van der Waals surface area contributed by atoms with Crippen LogP contribution in [0.2, 0.25) is 0 Å². The fraction of sp³-hybridized carbons (Fsp3) is 0.600. The second-order valence-corrected chi connectivity index (χ2v) is 6.43. The van der Waals surface area contributed by atoms with E-state index in [-0.39, 0.29) is 18.4 Å². The highest BCUT2D eigenvalue weighted by molar-refractivity contribution is 5.78. The number of hydrogen-bond donors (Lipinski definition) is 3. The van der Waals surface area contributed by atoms with Crippen molar-refractivity contribution in [2.24, 2.45) is 5.16 Å². The Morgan fingerprint density at radius 1 is 0.967 bits per heavy atom. The molecule has 1 aromatic rings. The Kier molecular flexibility index (Phi) is 14.7. The van der Waals surface area contributed by atoms with E-state index in [4.69, 9.17) is 19.4 Å². The summed E-state index contributed by atoms with van der Waals surface area (Å²) in [5.74, 6) is -0.110. The molecule has 0 unspecified atom stereocenters. The lowest BCUT2D eigenvalue weighted by molar-refractivity contribution is -0.684. The number of carbonyl (C=O) groups is 2. The average Bonchev–Trinajstić information content (AvgIpc) is 2.72. The largest absolute Gasteiger partial charge is 0.411 e. The molecule has 1 rings (SSSR count). The number of carbonyl (C=O) groups excluding carboxylic acids is 2. The molecule has 10 nitrogen and oxygen atoms in total. The standard InChI is InChI=1S/C20H32N4O6/c1-18(25)21-6-2-10-28-12-14-30-15-13-29-11-3-7-22-20(26)17-24-8-4-19(5-9-24)16-23-27/h4-5,8-9,16H,2-3,6-7,10-15,17H2,1H3,(H2,21,22,25,26)/p+1. The fourth-order valence-corrected chi connectivity index (χ4v) is 2.33. The molecule has 2 amide bonds. The van der Waals surface area contributed by atoms with Gasteiger partial charge in [-0.25, -0.2) is 0 Å². The van der Waals surface area contributed by atoms with Crippen molar-refractivity contribution in [3.8, 4) is 0 Å². The predicted octanol–water partition coefficient (Wildman–Crippen LogP) is -0.135. The SMILES string of the molecule is CC(=O)NCCCOCCOCCOCCCNC(=O)C[n+]1ccc(/C=N/O)cc1. The molecule has 0 saturated heterocycles. The first-order valence-corrected chi connectivity index (χ1v) is 10.0. The topological polar surface area (TPSA) is 122 Å². The zero-order valence-electron chi connectivity index (χ0n) is 17.5. The summed E-state index contributed by atoms with van der Waals surface area (Å²) in [7, 11) is 0. The molecule has 0 fully saturated rings. The van der Waals surface area contributed by atoms with E-state index in [9.17, 15) is 9.59 Å². The summed E-state index contributed by atoms with van der Waals surface area (Å²) in [6.07, 6.45) is 6.32. The Bertz CT molecular complexity index is 624. The van der Waals surface area contributed by atoms with Crippen LogP contribution >= 0.6 is 0 Å². The minimum absolute atomic E-state index is 0.0306. The molecule has 30 heavy (non-hydrogen) atoms. The van der Waals surface area contributed by atoms with Gasteiger partial charge in [-0.3, -0.25) is 9.59 Å². The van der Waals surface area contributed by atoms with Crippen molar-refractivity contribution >= 4 is 18.0 Å². The van der Waals surface area contributed by atoms with E-state index >= 15 is 0 Å². The molecular formula is C20H33N4O6+. The zero-order chi connectivity index (χ0) is 21.9. The highest BCUT2D eigenvalue weighted by atomic mass is 16.5. The van der Waals surface area contributed by atoms with E-state index in [2.05, 4.69) is 15.8 Å². The summed E-state index contributed by atoms with van der Waals surface area (Å²) in [6, 6.07) is 3.51. The van der Waals surface area contributed by atoms with Gasteiger partial charge < -0.3 is 30.1 Å². The summed E-state index contributed by atoms with van der Waals surface area (Å²) >= 11 is 0. The molecule has 168 valence electrons. The summed E-state index contributed by atoms with van der Waals surface area (Å²) in [5, 5.41) is 17.0. The Balaban J connectivity index is 1.87. The third kappa shape index (κ3) is 14.4. The summed E-state index contributed by atoms with van der Waals surface area (Å²) in [5.41, 5.74) is 0.751. The van der Waals surface area contributed by atoms with Crippen molar-refractivity contribution in [1.29, 1.82) is 0 Å². The van der Waals surface area contributed by atoms with Crippen molar-refractivity contribution in [1.82, 2.24) is 10.6 Å². The highest BCUT2D eigenvalue weighted by Crippen LogP contribution is 1.90. The summed E-state index contributed by atoms with van der Waals surface area (Å²) < 4.78 is 18.0. The molecule has 0 aliphatic rings. The monoisotopic (exact) mass is 425 g/mol. The number of rotatable bonds is 17. The molecular weight excluding hydrogens is 392 g/mol. The van der Waals surface area contributed by atoms with Crippen molar-refractivity contribution in [3.63, 3.8) is 0 Å². The van der Waals surface area contributed by atoms with Gasteiger partial charge in [-0.05, 0) is 12.8 Å². The molecule has 0 saturated carbocycles. The smallest absolute Gasteiger partial charge is 0.285 e. The van der Waals surface area contributed by atoms with Gasteiger partial charge in [-0.2, -0.15) is 4.57 Å². The van der Waals surface area contributed by atoms with E-state index < -0.39 is 0 Å². The lowest BCUT2D eigenvalue weighted by Gasteiger charge is -2.07. The van der Waals surface area contributed by atoms with E-state index in [1.807, 2.05) is 0 Å². The zero-order valence-corrected chi connectivity index (χ0v) is 17.5. The van der Waals surface area contributed by atoms with Gasteiger partial charge in [0.25, 0.3) is 5.91 Å². The fourth-order valence-electron chi connectivity index (χ4n) is 2.33. The van der Waals surface area contributed by atoms with Crippen LogP contribution in [0.15, 0.2) is 29.7 Å². The van der Waals surface area contributed by atoms with Crippen LogP contribution < -0.4 is 15.2 Å². The third-order valence-electron chi connectivity index (χ3n) is 3.82. The molecule has 0 aliphatic carbocycles. The molecule has 1 aromatic heterocycles. The number of nitrogens with one attached hydrogen (secondary N) is 2. The number of amides is 2. The van der Waals surface area contributed by atoms with Gasteiger partial charge >= 0.3 is 0 Å². The van der Waals surface area contributed by atoms with Gasteiger partial charge in [0.2, 0.25) is 12.5 Å². The minimum Gasteiger partial charge on any atom is -0.411 e. The lowest BCUT2D eigenvalue weighted by atomic mass is 10.3. The van der Waals surface area contributed by atoms with E-state index in [1.165, 1.54) is 13.1 Å².